The smallest absolute Gasteiger partial charge is 0.234 e. The highest BCUT2D eigenvalue weighted by Gasteiger charge is 2.71. The van der Waals surface area contributed by atoms with Gasteiger partial charge in [0.2, 0.25) is 5.91 Å². The normalized spacial score (nSPS) is 45.1. The Morgan fingerprint density at radius 3 is 2.54 bits per heavy atom. The maximum Gasteiger partial charge on any atom is 0.234 e. The summed E-state index contributed by atoms with van der Waals surface area (Å²) in [4.78, 5) is 11.0. The van der Waals surface area contributed by atoms with Crippen molar-refractivity contribution in [3.63, 3.8) is 0 Å². The van der Waals surface area contributed by atoms with Crippen LogP contribution in [0.25, 0.3) is 0 Å². The number of rotatable bonds is 1. The van der Waals surface area contributed by atoms with Crippen molar-refractivity contribution in [3.05, 3.63) is 0 Å². The monoisotopic (exact) mass is 180 g/mol. The Morgan fingerprint density at radius 2 is 2.15 bits per heavy atom. The fourth-order valence-electron chi connectivity index (χ4n) is 3.51. The first-order valence-electron chi connectivity index (χ1n) is 5.20. The van der Waals surface area contributed by atoms with Crippen LogP contribution in [0.5, 0.6) is 0 Å². The first kappa shape index (κ1) is 7.80. The summed E-state index contributed by atoms with van der Waals surface area (Å²) in [6, 6.07) is -0.0417. The van der Waals surface area contributed by atoms with Crippen molar-refractivity contribution in [1.29, 1.82) is 0 Å². The van der Waals surface area contributed by atoms with Crippen LogP contribution in [-0.4, -0.2) is 18.5 Å². The summed E-state index contributed by atoms with van der Waals surface area (Å²) in [5, 5.41) is 3.26. The van der Waals surface area contributed by atoms with Gasteiger partial charge in [-0.3, -0.25) is 4.79 Å². The van der Waals surface area contributed by atoms with Crippen LogP contribution in [0.1, 0.15) is 32.1 Å². The Bertz CT molecular complexity index is 272. The zero-order valence-electron chi connectivity index (χ0n) is 7.81. The first-order chi connectivity index (χ1) is 6.18. The van der Waals surface area contributed by atoms with Gasteiger partial charge in [-0.15, -0.1) is 0 Å². The third-order valence-corrected chi connectivity index (χ3v) is 4.61. The largest absolute Gasteiger partial charge is 0.368 e. The van der Waals surface area contributed by atoms with Crippen LogP contribution in [0.4, 0.5) is 0 Å². The molecule has 0 bridgehead atoms. The minimum absolute atomic E-state index is 0.0417. The number of nitrogens with one attached hydrogen (secondary N) is 1. The van der Waals surface area contributed by atoms with E-state index < -0.39 is 0 Å². The molecule has 3 heteroatoms. The standard InChI is InChI=1S/C10H16N2O/c11-8(13)7-4-10(6-12-7)5-9(10)2-1-3-9/h7,12H,1-6H2,(H2,11,13). The molecule has 3 nitrogen and oxygen atoms in total. The lowest BCUT2D eigenvalue weighted by Gasteiger charge is -2.30. The molecule has 0 radical (unpaired) electrons. The van der Waals surface area contributed by atoms with E-state index in [4.69, 9.17) is 5.73 Å². The van der Waals surface area contributed by atoms with Gasteiger partial charge in [-0.1, -0.05) is 6.42 Å². The molecule has 2 atom stereocenters. The van der Waals surface area contributed by atoms with E-state index in [1.807, 2.05) is 0 Å². The molecule has 0 aromatic heterocycles. The van der Waals surface area contributed by atoms with Gasteiger partial charge in [0, 0.05) is 6.54 Å². The van der Waals surface area contributed by atoms with Gasteiger partial charge in [0.15, 0.2) is 0 Å². The maximum absolute atomic E-state index is 11.0. The number of hydrogen-bond acceptors (Lipinski definition) is 2. The molecule has 1 saturated heterocycles. The average molecular weight is 180 g/mol. The molecule has 2 unspecified atom stereocenters. The van der Waals surface area contributed by atoms with Gasteiger partial charge in [0.25, 0.3) is 0 Å². The van der Waals surface area contributed by atoms with Crippen LogP contribution >= 0.6 is 0 Å². The number of carbonyl (C=O) groups excluding carboxylic acids is 1. The van der Waals surface area contributed by atoms with Crippen LogP contribution in [0.2, 0.25) is 0 Å². The Balaban J connectivity index is 1.73. The zero-order chi connectivity index (χ0) is 9.10. The van der Waals surface area contributed by atoms with E-state index in [2.05, 4.69) is 5.32 Å². The lowest BCUT2D eigenvalue weighted by atomic mass is 9.74. The summed E-state index contributed by atoms with van der Waals surface area (Å²) < 4.78 is 0. The zero-order valence-corrected chi connectivity index (χ0v) is 7.81. The van der Waals surface area contributed by atoms with Gasteiger partial charge in [-0.05, 0) is 36.5 Å². The Morgan fingerprint density at radius 1 is 1.38 bits per heavy atom. The molecule has 0 aromatic rings. The third-order valence-electron chi connectivity index (χ3n) is 4.61. The highest BCUT2D eigenvalue weighted by Crippen LogP contribution is 2.76. The molecule has 3 aliphatic rings. The van der Waals surface area contributed by atoms with Crippen molar-refractivity contribution in [1.82, 2.24) is 5.32 Å². The van der Waals surface area contributed by atoms with Crippen molar-refractivity contribution in [2.45, 2.75) is 38.1 Å². The van der Waals surface area contributed by atoms with Crippen molar-refractivity contribution in [3.8, 4) is 0 Å². The fraction of sp³-hybridized carbons (Fsp3) is 0.900. The van der Waals surface area contributed by atoms with E-state index in [0.717, 1.165) is 13.0 Å². The maximum atomic E-state index is 11.0. The summed E-state index contributed by atoms with van der Waals surface area (Å²) in [6.45, 7) is 1.03. The Labute approximate surface area is 78.1 Å². The van der Waals surface area contributed by atoms with Crippen LogP contribution in [0, 0.1) is 10.8 Å². The van der Waals surface area contributed by atoms with Crippen LogP contribution < -0.4 is 11.1 Å². The van der Waals surface area contributed by atoms with Crippen molar-refractivity contribution >= 4 is 5.91 Å². The molecule has 13 heavy (non-hydrogen) atoms. The van der Waals surface area contributed by atoms with E-state index in [9.17, 15) is 4.79 Å². The lowest BCUT2D eigenvalue weighted by Crippen LogP contribution is -2.36. The molecular weight excluding hydrogens is 164 g/mol. The summed E-state index contributed by atoms with van der Waals surface area (Å²) in [5.74, 6) is -0.168. The van der Waals surface area contributed by atoms with E-state index in [0.29, 0.717) is 10.8 Å². The second-order valence-electron chi connectivity index (χ2n) is 5.13. The van der Waals surface area contributed by atoms with Crippen molar-refractivity contribution < 1.29 is 4.79 Å². The highest BCUT2D eigenvalue weighted by molar-refractivity contribution is 5.80. The molecule has 72 valence electrons. The van der Waals surface area contributed by atoms with Gasteiger partial charge >= 0.3 is 0 Å². The topological polar surface area (TPSA) is 55.1 Å². The molecule has 2 spiro atoms. The average Bonchev–Trinajstić information content (AvgIpc) is 2.44. The molecule has 1 amide bonds. The summed E-state index contributed by atoms with van der Waals surface area (Å²) in [5.41, 5.74) is 6.41. The number of amides is 1. The van der Waals surface area contributed by atoms with Gasteiger partial charge in [-0.2, -0.15) is 0 Å². The number of hydrogen-bond donors (Lipinski definition) is 2. The third kappa shape index (κ3) is 0.810. The van der Waals surface area contributed by atoms with E-state index in [1.165, 1.54) is 25.7 Å². The van der Waals surface area contributed by atoms with Gasteiger partial charge < -0.3 is 11.1 Å². The molecule has 3 rings (SSSR count). The quantitative estimate of drug-likeness (QED) is 0.613. The predicted octanol–water partition coefficient (Wildman–Crippen LogP) is 0.394. The first-order valence-corrected chi connectivity index (χ1v) is 5.20. The van der Waals surface area contributed by atoms with Crippen LogP contribution in [0.15, 0.2) is 0 Å². The minimum Gasteiger partial charge on any atom is -0.368 e. The molecule has 0 aromatic carbocycles. The van der Waals surface area contributed by atoms with Gasteiger partial charge in [-0.25, -0.2) is 0 Å². The summed E-state index contributed by atoms with van der Waals surface area (Å²) in [7, 11) is 0. The molecule has 1 heterocycles. The lowest BCUT2D eigenvalue weighted by molar-refractivity contribution is -0.119. The van der Waals surface area contributed by atoms with E-state index in [1.54, 1.807) is 0 Å². The van der Waals surface area contributed by atoms with E-state index >= 15 is 0 Å². The second kappa shape index (κ2) is 2.08. The number of primary amides is 1. The molecular formula is C10H16N2O. The molecule has 3 N–H and O–H groups in total. The number of carbonyl (C=O) groups is 1. The fourth-order valence-corrected chi connectivity index (χ4v) is 3.51. The van der Waals surface area contributed by atoms with Gasteiger partial charge in [0.05, 0.1) is 6.04 Å². The second-order valence-corrected chi connectivity index (χ2v) is 5.13. The number of nitrogens with two attached hydrogens (primary N) is 1. The minimum atomic E-state index is -0.168. The van der Waals surface area contributed by atoms with Crippen molar-refractivity contribution in [2.24, 2.45) is 16.6 Å². The Kier molecular flexibility index (Phi) is 1.25. The van der Waals surface area contributed by atoms with Crippen LogP contribution in [-0.2, 0) is 4.79 Å². The Hall–Kier alpha value is -0.570. The molecule has 2 aliphatic carbocycles. The van der Waals surface area contributed by atoms with Gasteiger partial charge in [0.1, 0.15) is 0 Å². The highest BCUT2D eigenvalue weighted by atomic mass is 16.1. The number of fused-ring (bicyclic) bond motifs is 1. The van der Waals surface area contributed by atoms with Crippen molar-refractivity contribution in [2.75, 3.05) is 6.54 Å². The molecule has 3 fully saturated rings. The SMILES string of the molecule is NC(=O)C1CC2(CN1)CC21CCC1. The van der Waals surface area contributed by atoms with E-state index in [-0.39, 0.29) is 11.9 Å². The van der Waals surface area contributed by atoms with Crippen LogP contribution in [0.3, 0.4) is 0 Å². The predicted molar refractivity (Wildman–Crippen MR) is 48.9 cm³/mol. The summed E-state index contributed by atoms with van der Waals surface area (Å²) >= 11 is 0. The molecule has 2 saturated carbocycles. The molecule has 1 aliphatic heterocycles. The summed E-state index contributed by atoms with van der Waals surface area (Å²) in [6.07, 6.45) is 6.52.